The fourth-order valence-corrected chi connectivity index (χ4v) is 2.65. The minimum atomic E-state index is -0.975. The van der Waals surface area contributed by atoms with E-state index in [0.717, 1.165) is 10.9 Å². The lowest BCUT2D eigenvalue weighted by molar-refractivity contribution is 0.0697. The molecular weight excluding hydrogens is 267 g/mol. The number of carbonyl (C=O) groups is 1. The van der Waals surface area contributed by atoms with Gasteiger partial charge in [0.2, 0.25) is 0 Å². The maximum absolute atomic E-state index is 12.8. The summed E-state index contributed by atoms with van der Waals surface area (Å²) < 4.78 is 13.6. The fraction of sp³-hybridized carbons (Fsp3) is 0. The van der Waals surface area contributed by atoms with Crippen molar-refractivity contribution in [3.63, 3.8) is 0 Å². The Labute approximate surface area is 111 Å². The van der Waals surface area contributed by atoms with E-state index in [1.54, 1.807) is 18.2 Å². The molecule has 0 radical (unpaired) electrons. The molecule has 0 bridgehead atoms. The van der Waals surface area contributed by atoms with Gasteiger partial charge in [-0.15, -0.1) is 11.3 Å². The summed E-state index contributed by atoms with van der Waals surface area (Å²) in [6.07, 6.45) is 1.13. The maximum Gasteiger partial charge on any atom is 0.335 e. The van der Waals surface area contributed by atoms with Crippen LogP contribution in [-0.2, 0) is 0 Å². The molecule has 1 N–H and O–H groups in total. The van der Waals surface area contributed by atoms with Gasteiger partial charge in [-0.05, 0) is 30.3 Å². The lowest BCUT2D eigenvalue weighted by Gasteiger charge is -1.93. The van der Waals surface area contributed by atoms with Crippen LogP contribution < -0.4 is 0 Å². The average molecular weight is 274 g/mol. The van der Waals surface area contributed by atoms with Crippen molar-refractivity contribution in [1.82, 2.24) is 9.97 Å². The fourth-order valence-electron chi connectivity index (χ4n) is 1.67. The predicted molar refractivity (Wildman–Crippen MR) is 69.8 cm³/mol. The van der Waals surface area contributed by atoms with E-state index in [4.69, 9.17) is 5.11 Å². The Morgan fingerprint density at radius 1 is 1.26 bits per heavy atom. The molecule has 3 aromatic rings. The van der Waals surface area contributed by atoms with Crippen molar-refractivity contribution < 1.29 is 14.3 Å². The van der Waals surface area contributed by atoms with Crippen LogP contribution in [0.3, 0.4) is 0 Å². The van der Waals surface area contributed by atoms with E-state index < -0.39 is 11.8 Å². The Morgan fingerprint density at radius 3 is 2.79 bits per heavy atom. The van der Waals surface area contributed by atoms with Crippen molar-refractivity contribution in [3.05, 3.63) is 47.9 Å². The van der Waals surface area contributed by atoms with Crippen LogP contribution in [0, 0.1) is 5.82 Å². The maximum atomic E-state index is 12.8. The van der Waals surface area contributed by atoms with Gasteiger partial charge in [0.1, 0.15) is 10.8 Å². The third-order valence-corrected chi connectivity index (χ3v) is 3.62. The van der Waals surface area contributed by atoms with Crippen LogP contribution in [0.4, 0.5) is 4.39 Å². The molecule has 0 aliphatic rings. The van der Waals surface area contributed by atoms with Gasteiger partial charge in [0.25, 0.3) is 0 Å². The second-order valence-corrected chi connectivity index (χ2v) is 4.90. The quantitative estimate of drug-likeness (QED) is 0.779. The van der Waals surface area contributed by atoms with Crippen LogP contribution in [0.1, 0.15) is 10.4 Å². The number of carboxylic acids is 1. The normalized spacial score (nSPS) is 10.8. The third kappa shape index (κ3) is 2.17. The van der Waals surface area contributed by atoms with Crippen LogP contribution in [0.5, 0.6) is 0 Å². The molecular formula is C13H7FN2O2S. The van der Waals surface area contributed by atoms with Crippen LogP contribution in [0.2, 0.25) is 0 Å². The number of nitrogens with zero attached hydrogens (tertiary/aromatic N) is 2. The molecule has 19 heavy (non-hydrogen) atoms. The Kier molecular flexibility index (Phi) is 2.72. The number of fused-ring (bicyclic) bond motifs is 1. The van der Waals surface area contributed by atoms with Crippen molar-refractivity contribution in [2.24, 2.45) is 0 Å². The van der Waals surface area contributed by atoms with E-state index in [1.165, 1.54) is 23.5 Å². The summed E-state index contributed by atoms with van der Waals surface area (Å²) in [5.74, 6) is -1.38. The summed E-state index contributed by atoms with van der Waals surface area (Å²) in [6.45, 7) is 0. The second kappa shape index (κ2) is 4.40. The monoisotopic (exact) mass is 274 g/mol. The van der Waals surface area contributed by atoms with Gasteiger partial charge < -0.3 is 5.11 Å². The molecule has 0 spiro atoms. The predicted octanol–water partition coefficient (Wildman–Crippen LogP) is 3.20. The molecule has 2 heterocycles. The lowest BCUT2D eigenvalue weighted by atomic mass is 10.2. The zero-order chi connectivity index (χ0) is 13.4. The first-order chi connectivity index (χ1) is 9.13. The van der Waals surface area contributed by atoms with E-state index >= 15 is 0 Å². The van der Waals surface area contributed by atoms with E-state index in [2.05, 4.69) is 9.97 Å². The van der Waals surface area contributed by atoms with Crippen LogP contribution in [-0.4, -0.2) is 21.0 Å². The van der Waals surface area contributed by atoms with Gasteiger partial charge in [-0.3, -0.25) is 4.98 Å². The first-order valence-corrected chi connectivity index (χ1v) is 6.21. The molecule has 0 aliphatic carbocycles. The van der Waals surface area contributed by atoms with Gasteiger partial charge in [-0.25, -0.2) is 14.2 Å². The highest BCUT2D eigenvalue weighted by Crippen LogP contribution is 2.29. The highest BCUT2D eigenvalue weighted by Gasteiger charge is 2.10. The summed E-state index contributed by atoms with van der Waals surface area (Å²) >= 11 is 1.33. The minimum Gasteiger partial charge on any atom is -0.478 e. The van der Waals surface area contributed by atoms with Gasteiger partial charge in [-0.1, -0.05) is 0 Å². The Morgan fingerprint density at radius 2 is 2.11 bits per heavy atom. The van der Waals surface area contributed by atoms with E-state index in [1.807, 2.05) is 0 Å². The van der Waals surface area contributed by atoms with Crippen molar-refractivity contribution >= 4 is 27.5 Å². The van der Waals surface area contributed by atoms with Gasteiger partial charge >= 0.3 is 5.97 Å². The zero-order valence-corrected chi connectivity index (χ0v) is 10.3. The standard InChI is InChI=1S/C13H7FN2O2S/c14-8-2-4-10(15-6-8)12-16-9-3-1-7(13(17)18)5-11(9)19-12/h1-6H,(H,17,18). The molecule has 94 valence electrons. The number of carboxylic acid groups (broad SMARTS) is 1. The molecule has 3 rings (SSSR count). The van der Waals surface area contributed by atoms with Crippen molar-refractivity contribution in [1.29, 1.82) is 0 Å². The van der Waals surface area contributed by atoms with E-state index in [9.17, 15) is 9.18 Å². The van der Waals surface area contributed by atoms with E-state index in [-0.39, 0.29) is 5.56 Å². The van der Waals surface area contributed by atoms with Crippen molar-refractivity contribution in [3.8, 4) is 10.7 Å². The van der Waals surface area contributed by atoms with Crippen LogP contribution >= 0.6 is 11.3 Å². The SMILES string of the molecule is O=C(O)c1ccc2nc(-c3ccc(F)cn3)sc2c1. The third-order valence-electron chi connectivity index (χ3n) is 2.58. The first-order valence-electron chi connectivity index (χ1n) is 5.39. The first kappa shape index (κ1) is 11.7. The van der Waals surface area contributed by atoms with Gasteiger partial charge in [0, 0.05) is 0 Å². The molecule has 6 heteroatoms. The largest absolute Gasteiger partial charge is 0.478 e. The van der Waals surface area contributed by atoms with Crippen molar-refractivity contribution in [2.45, 2.75) is 0 Å². The molecule has 0 amide bonds. The summed E-state index contributed by atoms with van der Waals surface area (Å²) in [6, 6.07) is 7.60. The molecule has 2 aromatic heterocycles. The summed E-state index contributed by atoms with van der Waals surface area (Å²) in [4.78, 5) is 19.2. The average Bonchev–Trinajstić information content (AvgIpc) is 2.82. The number of hydrogen-bond acceptors (Lipinski definition) is 4. The van der Waals surface area contributed by atoms with Gasteiger partial charge in [0.05, 0.1) is 27.7 Å². The van der Waals surface area contributed by atoms with Crippen LogP contribution in [0.25, 0.3) is 20.9 Å². The molecule has 0 saturated heterocycles. The Balaban J connectivity index is 2.11. The molecule has 0 saturated carbocycles. The molecule has 4 nitrogen and oxygen atoms in total. The van der Waals surface area contributed by atoms with Crippen LogP contribution in [0.15, 0.2) is 36.5 Å². The summed E-state index contributed by atoms with van der Waals surface area (Å²) in [5.41, 5.74) is 1.49. The molecule has 0 atom stereocenters. The molecule has 1 aromatic carbocycles. The number of rotatable bonds is 2. The molecule has 0 unspecified atom stereocenters. The van der Waals surface area contributed by atoms with Crippen molar-refractivity contribution in [2.75, 3.05) is 0 Å². The number of halogens is 1. The topological polar surface area (TPSA) is 63.1 Å². The second-order valence-electron chi connectivity index (χ2n) is 3.87. The van der Waals surface area contributed by atoms with Gasteiger partial charge in [0.15, 0.2) is 0 Å². The smallest absolute Gasteiger partial charge is 0.335 e. The number of pyridine rings is 1. The number of aromatic carboxylic acids is 1. The highest BCUT2D eigenvalue weighted by atomic mass is 32.1. The lowest BCUT2D eigenvalue weighted by Crippen LogP contribution is -1.94. The zero-order valence-electron chi connectivity index (χ0n) is 9.50. The highest BCUT2D eigenvalue weighted by molar-refractivity contribution is 7.21. The Hall–Kier alpha value is -2.34. The number of benzene rings is 1. The minimum absolute atomic E-state index is 0.217. The Bertz CT molecular complexity index is 768. The number of aromatic nitrogens is 2. The molecule has 0 aliphatic heterocycles. The van der Waals surface area contributed by atoms with E-state index in [0.29, 0.717) is 16.2 Å². The molecule has 0 fully saturated rings. The number of hydrogen-bond donors (Lipinski definition) is 1. The number of thiazole rings is 1. The summed E-state index contributed by atoms with van der Waals surface area (Å²) in [5, 5.41) is 9.57. The van der Waals surface area contributed by atoms with Gasteiger partial charge in [-0.2, -0.15) is 0 Å². The summed E-state index contributed by atoms with van der Waals surface area (Å²) in [7, 11) is 0.